The second-order valence-electron chi connectivity index (χ2n) is 4.10. The molecular formula is C13H18O2. The molecule has 0 heterocycles. The Morgan fingerprint density at radius 3 is 2.33 bits per heavy atom. The van der Waals surface area contributed by atoms with Gasteiger partial charge in [0.05, 0.1) is 6.42 Å². The van der Waals surface area contributed by atoms with E-state index in [9.17, 15) is 4.79 Å². The maximum atomic E-state index is 11.5. The lowest BCUT2D eigenvalue weighted by molar-refractivity contribution is -0.149. The van der Waals surface area contributed by atoms with Gasteiger partial charge in [-0.25, -0.2) is 0 Å². The lowest BCUT2D eigenvalue weighted by atomic mass is 10.1. The average Bonchev–Trinajstić information content (AvgIpc) is 2.18. The van der Waals surface area contributed by atoms with E-state index in [1.165, 1.54) is 0 Å². The van der Waals surface area contributed by atoms with Crippen molar-refractivity contribution in [1.82, 2.24) is 0 Å². The molecule has 1 atom stereocenters. The molecule has 0 spiro atoms. The van der Waals surface area contributed by atoms with Crippen LogP contribution < -0.4 is 0 Å². The molecule has 0 fully saturated rings. The van der Waals surface area contributed by atoms with Crippen LogP contribution in [0.25, 0.3) is 0 Å². The van der Waals surface area contributed by atoms with Gasteiger partial charge in [-0.2, -0.15) is 0 Å². The molecule has 15 heavy (non-hydrogen) atoms. The van der Waals surface area contributed by atoms with E-state index in [-0.39, 0.29) is 12.1 Å². The van der Waals surface area contributed by atoms with Crippen LogP contribution in [0.2, 0.25) is 0 Å². The summed E-state index contributed by atoms with van der Waals surface area (Å²) in [5, 5.41) is 0. The molecule has 1 aromatic rings. The molecule has 1 aromatic carbocycles. The summed E-state index contributed by atoms with van der Waals surface area (Å²) < 4.78 is 5.28. The summed E-state index contributed by atoms with van der Waals surface area (Å²) >= 11 is 0. The van der Waals surface area contributed by atoms with Gasteiger partial charge >= 0.3 is 5.97 Å². The van der Waals surface area contributed by atoms with Crippen LogP contribution in [0.4, 0.5) is 0 Å². The van der Waals surface area contributed by atoms with Crippen molar-refractivity contribution in [2.24, 2.45) is 5.92 Å². The molecule has 2 heteroatoms. The van der Waals surface area contributed by atoms with Crippen LogP contribution in [0.3, 0.4) is 0 Å². The Bertz CT molecular complexity index is 304. The first kappa shape index (κ1) is 11.8. The number of esters is 1. The van der Waals surface area contributed by atoms with E-state index in [0.717, 1.165) is 5.56 Å². The van der Waals surface area contributed by atoms with Crippen molar-refractivity contribution in [1.29, 1.82) is 0 Å². The highest BCUT2D eigenvalue weighted by atomic mass is 16.5. The molecule has 1 unspecified atom stereocenters. The first-order valence-corrected chi connectivity index (χ1v) is 5.33. The minimum absolute atomic E-state index is 0.0128. The van der Waals surface area contributed by atoms with Gasteiger partial charge in [-0.3, -0.25) is 4.79 Å². The van der Waals surface area contributed by atoms with Gasteiger partial charge in [-0.15, -0.1) is 0 Å². The van der Waals surface area contributed by atoms with Crippen LogP contribution >= 0.6 is 0 Å². The molecule has 0 aliphatic carbocycles. The Labute approximate surface area is 91.3 Å². The van der Waals surface area contributed by atoms with Gasteiger partial charge in [-0.05, 0) is 18.4 Å². The maximum absolute atomic E-state index is 11.5. The van der Waals surface area contributed by atoms with Gasteiger partial charge in [0.1, 0.15) is 6.10 Å². The number of carbonyl (C=O) groups excluding carboxylic acids is 1. The summed E-state index contributed by atoms with van der Waals surface area (Å²) in [5.41, 5.74) is 0.999. The molecule has 0 amide bonds. The maximum Gasteiger partial charge on any atom is 0.310 e. The van der Waals surface area contributed by atoms with Gasteiger partial charge < -0.3 is 4.74 Å². The number of hydrogen-bond donors (Lipinski definition) is 0. The van der Waals surface area contributed by atoms with E-state index < -0.39 is 0 Å². The predicted molar refractivity (Wildman–Crippen MR) is 60.5 cm³/mol. The van der Waals surface area contributed by atoms with E-state index in [1.54, 1.807) is 0 Å². The Kier molecular flexibility index (Phi) is 4.35. The van der Waals surface area contributed by atoms with E-state index in [4.69, 9.17) is 4.74 Å². The topological polar surface area (TPSA) is 26.3 Å². The van der Waals surface area contributed by atoms with Crippen LogP contribution in [0.1, 0.15) is 26.3 Å². The third-order valence-corrected chi connectivity index (χ3v) is 2.45. The normalized spacial score (nSPS) is 12.5. The highest BCUT2D eigenvalue weighted by Gasteiger charge is 2.12. The molecule has 0 aliphatic heterocycles. The zero-order valence-electron chi connectivity index (χ0n) is 9.57. The number of benzene rings is 1. The van der Waals surface area contributed by atoms with E-state index in [2.05, 4.69) is 0 Å². The summed E-state index contributed by atoms with van der Waals surface area (Å²) in [6, 6.07) is 9.65. The molecule has 2 nitrogen and oxygen atoms in total. The van der Waals surface area contributed by atoms with Crippen LogP contribution in [0.5, 0.6) is 0 Å². The predicted octanol–water partition coefficient (Wildman–Crippen LogP) is 2.82. The molecule has 1 rings (SSSR count). The second kappa shape index (κ2) is 5.54. The molecule has 0 radical (unpaired) electrons. The van der Waals surface area contributed by atoms with Gasteiger partial charge in [0.15, 0.2) is 0 Å². The van der Waals surface area contributed by atoms with Crippen molar-refractivity contribution >= 4 is 5.97 Å². The fourth-order valence-electron chi connectivity index (χ4n) is 1.15. The van der Waals surface area contributed by atoms with Crippen molar-refractivity contribution in [3.05, 3.63) is 35.9 Å². The van der Waals surface area contributed by atoms with Crippen molar-refractivity contribution in [2.75, 3.05) is 0 Å². The Hall–Kier alpha value is -1.31. The first-order chi connectivity index (χ1) is 7.09. The van der Waals surface area contributed by atoms with Crippen molar-refractivity contribution < 1.29 is 9.53 Å². The summed E-state index contributed by atoms with van der Waals surface area (Å²) in [7, 11) is 0. The second-order valence-corrected chi connectivity index (χ2v) is 4.10. The van der Waals surface area contributed by atoms with Gasteiger partial charge in [-0.1, -0.05) is 44.2 Å². The molecule has 0 saturated heterocycles. The minimum Gasteiger partial charge on any atom is -0.462 e. The Morgan fingerprint density at radius 2 is 1.80 bits per heavy atom. The summed E-state index contributed by atoms with van der Waals surface area (Å²) in [6.07, 6.45) is 0.346. The summed E-state index contributed by atoms with van der Waals surface area (Å²) in [5.74, 6) is 0.215. The minimum atomic E-state index is -0.151. The van der Waals surface area contributed by atoms with E-state index >= 15 is 0 Å². The number of hydrogen-bond acceptors (Lipinski definition) is 2. The smallest absolute Gasteiger partial charge is 0.310 e. The van der Waals surface area contributed by atoms with Gasteiger partial charge in [0.25, 0.3) is 0 Å². The summed E-state index contributed by atoms with van der Waals surface area (Å²) in [6.45, 7) is 6.01. The highest BCUT2D eigenvalue weighted by Crippen LogP contribution is 2.08. The largest absolute Gasteiger partial charge is 0.462 e. The molecular weight excluding hydrogens is 188 g/mol. The zero-order valence-corrected chi connectivity index (χ0v) is 9.57. The quantitative estimate of drug-likeness (QED) is 0.708. The Balaban J connectivity index is 2.43. The van der Waals surface area contributed by atoms with E-state index in [1.807, 2.05) is 51.1 Å². The third-order valence-electron chi connectivity index (χ3n) is 2.45. The number of ether oxygens (including phenoxy) is 1. The first-order valence-electron chi connectivity index (χ1n) is 5.33. The molecule has 0 saturated carbocycles. The SMILES string of the molecule is CC(C)C(C)OC(=O)Cc1ccccc1. The van der Waals surface area contributed by atoms with Crippen molar-refractivity contribution in [2.45, 2.75) is 33.3 Å². The summed E-state index contributed by atoms with van der Waals surface area (Å²) in [4.78, 5) is 11.5. The number of carbonyl (C=O) groups is 1. The van der Waals surface area contributed by atoms with Crippen LogP contribution in [-0.2, 0) is 16.0 Å². The zero-order chi connectivity index (χ0) is 11.3. The lowest BCUT2D eigenvalue weighted by Gasteiger charge is -2.16. The van der Waals surface area contributed by atoms with Crippen LogP contribution in [0.15, 0.2) is 30.3 Å². The fourth-order valence-corrected chi connectivity index (χ4v) is 1.15. The van der Waals surface area contributed by atoms with Gasteiger partial charge in [0, 0.05) is 0 Å². The van der Waals surface area contributed by atoms with E-state index in [0.29, 0.717) is 12.3 Å². The average molecular weight is 206 g/mol. The lowest BCUT2D eigenvalue weighted by Crippen LogP contribution is -2.21. The third kappa shape index (κ3) is 4.15. The van der Waals surface area contributed by atoms with Crippen LogP contribution in [-0.4, -0.2) is 12.1 Å². The molecule has 0 aromatic heterocycles. The fraction of sp³-hybridized carbons (Fsp3) is 0.462. The van der Waals surface area contributed by atoms with Gasteiger partial charge in [0.2, 0.25) is 0 Å². The van der Waals surface area contributed by atoms with Crippen LogP contribution in [0, 0.1) is 5.92 Å². The van der Waals surface area contributed by atoms with Crippen molar-refractivity contribution in [3.63, 3.8) is 0 Å². The Morgan fingerprint density at radius 1 is 1.20 bits per heavy atom. The molecule has 0 bridgehead atoms. The highest BCUT2D eigenvalue weighted by molar-refractivity contribution is 5.72. The standard InChI is InChI=1S/C13H18O2/c1-10(2)11(3)15-13(14)9-12-7-5-4-6-8-12/h4-8,10-11H,9H2,1-3H3. The van der Waals surface area contributed by atoms with Crippen molar-refractivity contribution in [3.8, 4) is 0 Å². The molecule has 0 aliphatic rings. The number of rotatable bonds is 4. The molecule has 0 N–H and O–H groups in total. The monoisotopic (exact) mass is 206 g/mol. The molecule has 82 valence electrons.